The van der Waals surface area contributed by atoms with Gasteiger partial charge in [0.2, 0.25) is 0 Å². The van der Waals surface area contributed by atoms with E-state index in [0.29, 0.717) is 23.8 Å². The molecule has 0 bridgehead atoms. The third-order valence-corrected chi connectivity index (χ3v) is 5.48. The van der Waals surface area contributed by atoms with Crippen molar-refractivity contribution in [1.82, 2.24) is 24.8 Å². The Morgan fingerprint density at radius 3 is 2.83 bits per heavy atom. The predicted octanol–water partition coefficient (Wildman–Crippen LogP) is 3.99. The lowest BCUT2D eigenvalue weighted by atomic mass is 10.1. The maximum absolute atomic E-state index is 13.0. The van der Waals surface area contributed by atoms with E-state index < -0.39 is 0 Å². The number of benzene rings is 1. The largest absolute Gasteiger partial charge is 0.467 e. The Hall–Kier alpha value is -3.68. The van der Waals surface area contributed by atoms with Crippen LogP contribution in [0.2, 0.25) is 0 Å². The number of anilines is 1. The fourth-order valence-electron chi connectivity index (χ4n) is 3.72. The molecule has 1 aliphatic carbocycles. The number of furan rings is 1. The van der Waals surface area contributed by atoms with Crippen molar-refractivity contribution in [2.75, 3.05) is 5.32 Å². The minimum atomic E-state index is -0.146. The summed E-state index contributed by atoms with van der Waals surface area (Å²) < 4.78 is 9.39. The first kappa shape index (κ1) is 18.4. The smallest absolute Gasteiger partial charge is 0.257 e. The van der Waals surface area contributed by atoms with Gasteiger partial charge in [-0.3, -0.25) is 4.79 Å². The van der Waals surface area contributed by atoms with Gasteiger partial charge in [0, 0.05) is 22.6 Å². The molecule has 3 heterocycles. The van der Waals surface area contributed by atoms with Crippen LogP contribution < -0.4 is 5.32 Å². The van der Waals surface area contributed by atoms with Gasteiger partial charge >= 0.3 is 0 Å². The van der Waals surface area contributed by atoms with Gasteiger partial charge in [0.1, 0.15) is 5.76 Å². The number of aromatic nitrogens is 5. The summed E-state index contributed by atoms with van der Waals surface area (Å²) >= 11 is 0. The first-order valence-corrected chi connectivity index (χ1v) is 9.99. The molecule has 0 unspecified atom stereocenters. The lowest BCUT2D eigenvalue weighted by Crippen LogP contribution is -2.13. The van der Waals surface area contributed by atoms with Crippen molar-refractivity contribution < 1.29 is 9.21 Å². The second kappa shape index (κ2) is 7.29. The summed E-state index contributed by atoms with van der Waals surface area (Å²) in [6.45, 7) is 4.54. The number of nitrogens with zero attached hydrogens (tertiary/aromatic N) is 5. The normalized spacial score (nSPS) is 13.5. The molecule has 1 fully saturated rings. The van der Waals surface area contributed by atoms with Crippen LogP contribution >= 0.6 is 0 Å². The number of carbonyl (C=O) groups excluding carboxylic acids is 1. The van der Waals surface area contributed by atoms with E-state index in [-0.39, 0.29) is 5.91 Å². The summed E-state index contributed by atoms with van der Waals surface area (Å²) in [5, 5.41) is 15.1. The monoisotopic (exact) mass is 402 g/mol. The van der Waals surface area contributed by atoms with Crippen LogP contribution in [0, 0.1) is 13.8 Å². The van der Waals surface area contributed by atoms with Gasteiger partial charge in [-0.15, -0.1) is 5.10 Å². The number of rotatable bonds is 6. The average molecular weight is 402 g/mol. The minimum absolute atomic E-state index is 0.146. The number of hydrogen-bond donors (Lipinski definition) is 1. The molecule has 0 radical (unpaired) electrons. The van der Waals surface area contributed by atoms with Gasteiger partial charge in [-0.2, -0.15) is 0 Å². The number of aryl methyl sites for hydroxylation is 1. The predicted molar refractivity (Wildman–Crippen MR) is 111 cm³/mol. The van der Waals surface area contributed by atoms with E-state index >= 15 is 0 Å². The zero-order valence-electron chi connectivity index (χ0n) is 16.9. The van der Waals surface area contributed by atoms with Crippen LogP contribution in [0.25, 0.3) is 11.4 Å². The first-order chi connectivity index (χ1) is 14.6. The van der Waals surface area contributed by atoms with E-state index in [9.17, 15) is 4.79 Å². The van der Waals surface area contributed by atoms with Crippen molar-refractivity contribution in [2.24, 2.45) is 0 Å². The lowest BCUT2D eigenvalue weighted by Gasteiger charge is -2.09. The summed E-state index contributed by atoms with van der Waals surface area (Å²) in [4.78, 5) is 13.0. The third-order valence-electron chi connectivity index (χ3n) is 5.48. The molecule has 1 saturated carbocycles. The Morgan fingerprint density at radius 2 is 2.07 bits per heavy atom. The Kier molecular flexibility index (Phi) is 4.46. The minimum Gasteiger partial charge on any atom is -0.467 e. The molecule has 0 saturated heterocycles. The molecule has 1 aliphatic rings. The standard InChI is InChI=1S/C22H22N6O2/c1-14-11-20(15(2)27(14)13-19-7-4-10-30-19)22(29)23-17-6-3-5-16(12-17)21-24-25-26-28(21)18-8-9-18/h3-7,10-12,18H,8-9,13H2,1-2H3,(H,23,29). The quantitative estimate of drug-likeness (QED) is 0.527. The van der Waals surface area contributed by atoms with Gasteiger partial charge < -0.3 is 14.3 Å². The van der Waals surface area contributed by atoms with E-state index in [1.165, 1.54) is 0 Å². The third kappa shape index (κ3) is 3.41. The number of hydrogen-bond acceptors (Lipinski definition) is 5. The topological polar surface area (TPSA) is 90.8 Å². The fraction of sp³-hybridized carbons (Fsp3) is 0.273. The molecule has 1 aromatic carbocycles. The molecule has 5 rings (SSSR count). The van der Waals surface area contributed by atoms with Gasteiger partial charge in [-0.1, -0.05) is 12.1 Å². The summed E-state index contributed by atoms with van der Waals surface area (Å²) in [5.41, 5.74) is 4.14. The molecular weight excluding hydrogens is 380 g/mol. The highest BCUT2D eigenvalue weighted by molar-refractivity contribution is 6.05. The number of amides is 1. The molecule has 4 aromatic rings. The van der Waals surface area contributed by atoms with Crippen LogP contribution in [0.4, 0.5) is 5.69 Å². The summed E-state index contributed by atoms with van der Waals surface area (Å²) in [5.74, 6) is 1.43. The summed E-state index contributed by atoms with van der Waals surface area (Å²) in [6.07, 6.45) is 3.86. The maximum Gasteiger partial charge on any atom is 0.257 e. The van der Waals surface area contributed by atoms with Crippen LogP contribution in [0.1, 0.15) is 46.4 Å². The molecule has 1 N–H and O–H groups in total. The zero-order chi connectivity index (χ0) is 20.7. The van der Waals surface area contributed by atoms with Gasteiger partial charge in [0.25, 0.3) is 5.91 Å². The van der Waals surface area contributed by atoms with Crippen molar-refractivity contribution in [3.8, 4) is 11.4 Å². The highest BCUT2D eigenvalue weighted by Gasteiger charge is 2.28. The molecule has 0 atom stereocenters. The average Bonchev–Trinajstić information content (AvgIpc) is 3.14. The van der Waals surface area contributed by atoms with Crippen molar-refractivity contribution in [1.29, 1.82) is 0 Å². The van der Waals surface area contributed by atoms with Gasteiger partial charge in [0.05, 0.1) is 24.4 Å². The van der Waals surface area contributed by atoms with Crippen LogP contribution in [0.3, 0.4) is 0 Å². The van der Waals surface area contributed by atoms with Crippen molar-refractivity contribution in [3.05, 3.63) is 71.4 Å². The Morgan fingerprint density at radius 1 is 1.20 bits per heavy atom. The van der Waals surface area contributed by atoms with Crippen LogP contribution in [-0.4, -0.2) is 30.7 Å². The maximum atomic E-state index is 13.0. The number of tetrazole rings is 1. The van der Waals surface area contributed by atoms with E-state index in [2.05, 4.69) is 25.4 Å². The molecule has 30 heavy (non-hydrogen) atoms. The molecule has 0 spiro atoms. The Balaban J connectivity index is 1.38. The number of nitrogens with one attached hydrogen (secondary N) is 1. The van der Waals surface area contributed by atoms with Crippen molar-refractivity contribution >= 4 is 11.6 Å². The van der Waals surface area contributed by atoms with E-state index in [1.54, 1.807) is 6.26 Å². The molecular formula is C22H22N6O2. The van der Waals surface area contributed by atoms with Crippen molar-refractivity contribution in [3.63, 3.8) is 0 Å². The molecule has 1 amide bonds. The molecule has 8 nitrogen and oxygen atoms in total. The van der Waals surface area contributed by atoms with Crippen LogP contribution in [0.5, 0.6) is 0 Å². The second-order valence-corrected chi connectivity index (χ2v) is 7.66. The van der Waals surface area contributed by atoms with E-state index in [1.807, 2.05) is 61.0 Å². The zero-order valence-corrected chi connectivity index (χ0v) is 16.9. The SMILES string of the molecule is Cc1cc(C(=O)Nc2cccc(-c3nnnn3C3CC3)c2)c(C)n1Cc1ccco1. The second-order valence-electron chi connectivity index (χ2n) is 7.66. The van der Waals surface area contributed by atoms with Gasteiger partial charge in [0.15, 0.2) is 5.82 Å². The molecule has 8 heteroatoms. The Bertz CT molecular complexity index is 1200. The van der Waals surface area contributed by atoms with Gasteiger partial charge in [-0.25, -0.2) is 4.68 Å². The molecule has 152 valence electrons. The lowest BCUT2D eigenvalue weighted by molar-refractivity contribution is 0.102. The summed E-state index contributed by atoms with van der Waals surface area (Å²) in [6, 6.07) is 13.7. The number of carbonyl (C=O) groups is 1. The van der Waals surface area contributed by atoms with Crippen LogP contribution in [-0.2, 0) is 6.54 Å². The molecule has 0 aliphatic heterocycles. The van der Waals surface area contributed by atoms with Crippen molar-refractivity contribution in [2.45, 2.75) is 39.3 Å². The van der Waals surface area contributed by atoms with Crippen LogP contribution in [0.15, 0.2) is 53.1 Å². The van der Waals surface area contributed by atoms with E-state index in [0.717, 1.165) is 41.4 Å². The highest BCUT2D eigenvalue weighted by Crippen LogP contribution is 2.36. The molecule has 3 aromatic heterocycles. The Labute approximate surface area is 173 Å². The summed E-state index contributed by atoms with van der Waals surface area (Å²) in [7, 11) is 0. The first-order valence-electron chi connectivity index (χ1n) is 9.99. The highest BCUT2D eigenvalue weighted by atomic mass is 16.3. The van der Waals surface area contributed by atoms with Gasteiger partial charge in [-0.05, 0) is 67.4 Å². The fourth-order valence-corrected chi connectivity index (χ4v) is 3.72. The van der Waals surface area contributed by atoms with E-state index in [4.69, 9.17) is 4.42 Å².